The Kier molecular flexibility index (Phi) is 6.18. The Morgan fingerprint density at radius 1 is 1.35 bits per heavy atom. The molecule has 128 valence electrons. The van der Waals surface area contributed by atoms with Crippen LogP contribution in [0.3, 0.4) is 0 Å². The molecular formula is C17H26N2O3S. The maximum atomic E-state index is 12.4. The second-order valence-corrected chi connectivity index (χ2v) is 8.71. The van der Waals surface area contributed by atoms with Gasteiger partial charge in [-0.1, -0.05) is 37.3 Å². The molecule has 1 fully saturated rings. The number of carbonyl (C=O) groups is 1. The number of carbonyl (C=O) groups excluding carboxylic acids is 1. The number of nitrogens with one attached hydrogen (secondary N) is 1. The van der Waals surface area contributed by atoms with E-state index in [1.54, 1.807) is 0 Å². The van der Waals surface area contributed by atoms with Gasteiger partial charge in [-0.25, -0.2) is 8.42 Å². The fourth-order valence-electron chi connectivity index (χ4n) is 3.00. The molecule has 1 aliphatic heterocycles. The summed E-state index contributed by atoms with van der Waals surface area (Å²) in [6, 6.07) is 9.05. The summed E-state index contributed by atoms with van der Waals surface area (Å²) in [5.41, 5.74) is 0.887. The van der Waals surface area contributed by atoms with Gasteiger partial charge in [0.2, 0.25) is 5.91 Å². The Balaban J connectivity index is 1.99. The zero-order valence-electron chi connectivity index (χ0n) is 13.9. The molecule has 0 spiro atoms. The van der Waals surface area contributed by atoms with Crippen LogP contribution in [0.25, 0.3) is 0 Å². The molecule has 0 saturated carbocycles. The number of likely N-dealkylation sites (tertiary alicyclic amines) is 1. The lowest BCUT2D eigenvalue weighted by molar-refractivity contribution is -0.132. The molecule has 0 radical (unpaired) electrons. The first-order valence-electron chi connectivity index (χ1n) is 8.09. The molecule has 6 heteroatoms. The highest BCUT2D eigenvalue weighted by Crippen LogP contribution is 2.17. The summed E-state index contributed by atoms with van der Waals surface area (Å²) in [4.78, 5) is 14.2. The number of hydrogen-bond donors (Lipinski definition) is 1. The van der Waals surface area contributed by atoms with Gasteiger partial charge in [-0.15, -0.1) is 0 Å². The SMILES string of the molecule is C[C@@H]1CCCN(C(=O)CN[C@H](CS(C)(=O)=O)c2ccccc2)C1. The number of nitrogens with zero attached hydrogens (tertiary/aromatic N) is 1. The van der Waals surface area contributed by atoms with Crippen LogP contribution >= 0.6 is 0 Å². The third kappa shape index (κ3) is 5.95. The van der Waals surface area contributed by atoms with Gasteiger partial charge in [-0.2, -0.15) is 0 Å². The quantitative estimate of drug-likeness (QED) is 0.856. The zero-order valence-corrected chi connectivity index (χ0v) is 14.7. The molecule has 23 heavy (non-hydrogen) atoms. The van der Waals surface area contributed by atoms with E-state index in [0.717, 1.165) is 31.5 Å². The summed E-state index contributed by atoms with van der Waals surface area (Å²) in [5.74, 6) is 0.570. The van der Waals surface area contributed by atoms with Gasteiger partial charge >= 0.3 is 0 Å². The molecule has 1 amide bonds. The molecule has 1 aromatic carbocycles. The Bertz CT molecular complexity index is 616. The fourth-order valence-corrected chi connectivity index (χ4v) is 3.92. The van der Waals surface area contributed by atoms with Crippen molar-refractivity contribution in [1.29, 1.82) is 0 Å². The summed E-state index contributed by atoms with van der Waals surface area (Å²) in [6.07, 6.45) is 3.43. The maximum Gasteiger partial charge on any atom is 0.236 e. The first kappa shape index (κ1) is 17.9. The summed E-state index contributed by atoms with van der Waals surface area (Å²) >= 11 is 0. The van der Waals surface area contributed by atoms with Crippen LogP contribution in [0.1, 0.15) is 31.4 Å². The van der Waals surface area contributed by atoms with Crippen LogP contribution in [0.2, 0.25) is 0 Å². The van der Waals surface area contributed by atoms with Crippen molar-refractivity contribution in [3.63, 3.8) is 0 Å². The molecule has 0 bridgehead atoms. The van der Waals surface area contributed by atoms with Crippen LogP contribution in [0.15, 0.2) is 30.3 Å². The third-order valence-electron chi connectivity index (χ3n) is 4.18. The van der Waals surface area contributed by atoms with Crippen molar-refractivity contribution in [2.24, 2.45) is 5.92 Å². The lowest BCUT2D eigenvalue weighted by Gasteiger charge is -2.31. The van der Waals surface area contributed by atoms with Crippen LogP contribution < -0.4 is 5.32 Å². The third-order valence-corrected chi connectivity index (χ3v) is 5.12. The van der Waals surface area contributed by atoms with E-state index in [1.807, 2.05) is 35.2 Å². The zero-order chi connectivity index (χ0) is 16.9. The maximum absolute atomic E-state index is 12.4. The Morgan fingerprint density at radius 3 is 2.65 bits per heavy atom. The molecule has 1 N–H and O–H groups in total. The van der Waals surface area contributed by atoms with Gasteiger partial charge in [0.05, 0.1) is 12.3 Å². The Labute approximate surface area is 139 Å². The summed E-state index contributed by atoms with van der Waals surface area (Å²) in [5, 5.41) is 3.13. The predicted octanol–water partition coefficient (Wildman–Crippen LogP) is 1.62. The van der Waals surface area contributed by atoms with Crippen LogP contribution in [0.5, 0.6) is 0 Å². The molecule has 0 aromatic heterocycles. The second-order valence-electron chi connectivity index (χ2n) is 6.52. The minimum absolute atomic E-state index is 0.0132. The number of piperidine rings is 1. The van der Waals surface area contributed by atoms with Gasteiger partial charge in [-0.05, 0) is 24.3 Å². The second kappa shape index (κ2) is 7.93. The van der Waals surface area contributed by atoms with Crippen molar-refractivity contribution >= 4 is 15.7 Å². The number of sulfone groups is 1. The Hall–Kier alpha value is -1.40. The van der Waals surface area contributed by atoms with Crippen molar-refractivity contribution in [2.45, 2.75) is 25.8 Å². The van der Waals surface area contributed by atoms with Gasteiger partial charge in [0.1, 0.15) is 9.84 Å². The van der Waals surface area contributed by atoms with Gasteiger partial charge in [-0.3, -0.25) is 4.79 Å². The molecule has 2 atom stereocenters. The van der Waals surface area contributed by atoms with Crippen LogP contribution in [0.4, 0.5) is 0 Å². The van der Waals surface area contributed by atoms with E-state index in [0.29, 0.717) is 5.92 Å². The molecule has 1 saturated heterocycles. The van der Waals surface area contributed by atoms with Gasteiger partial charge in [0.15, 0.2) is 0 Å². The number of benzene rings is 1. The number of hydrogen-bond acceptors (Lipinski definition) is 4. The van der Waals surface area contributed by atoms with E-state index >= 15 is 0 Å². The fraction of sp³-hybridized carbons (Fsp3) is 0.588. The van der Waals surface area contributed by atoms with Crippen LogP contribution in [0, 0.1) is 5.92 Å². The van der Waals surface area contributed by atoms with Crippen LogP contribution in [-0.2, 0) is 14.6 Å². The standard InChI is InChI=1S/C17H26N2O3S/c1-14-7-6-10-19(12-14)17(20)11-18-16(13-23(2,21)22)15-8-4-3-5-9-15/h3-5,8-9,14,16,18H,6-7,10-13H2,1-2H3/t14-,16-/m1/s1. The van der Waals surface area contributed by atoms with Crippen LogP contribution in [-0.4, -0.2) is 50.9 Å². The van der Waals surface area contributed by atoms with E-state index in [1.165, 1.54) is 6.26 Å². The van der Waals surface area contributed by atoms with Crippen molar-refractivity contribution in [3.8, 4) is 0 Å². The first-order chi connectivity index (χ1) is 10.8. The summed E-state index contributed by atoms with van der Waals surface area (Å²) in [7, 11) is -3.14. The summed E-state index contributed by atoms with van der Waals surface area (Å²) < 4.78 is 23.3. The van der Waals surface area contributed by atoms with E-state index in [-0.39, 0.29) is 24.2 Å². The smallest absolute Gasteiger partial charge is 0.236 e. The first-order valence-corrected chi connectivity index (χ1v) is 10.1. The molecule has 1 heterocycles. The molecule has 1 aliphatic rings. The highest BCUT2D eigenvalue weighted by atomic mass is 32.2. The summed E-state index contributed by atoms with van der Waals surface area (Å²) in [6.45, 7) is 3.92. The van der Waals surface area contributed by atoms with E-state index < -0.39 is 9.84 Å². The van der Waals surface area contributed by atoms with Gasteiger partial charge in [0, 0.05) is 25.4 Å². The molecular weight excluding hydrogens is 312 g/mol. The van der Waals surface area contributed by atoms with Crippen molar-refractivity contribution in [3.05, 3.63) is 35.9 Å². The molecule has 0 unspecified atom stereocenters. The monoisotopic (exact) mass is 338 g/mol. The van der Waals surface area contributed by atoms with Crippen molar-refractivity contribution in [1.82, 2.24) is 10.2 Å². The molecule has 2 rings (SSSR count). The topological polar surface area (TPSA) is 66.5 Å². The molecule has 5 nitrogen and oxygen atoms in total. The number of amides is 1. The van der Waals surface area contributed by atoms with E-state index in [4.69, 9.17) is 0 Å². The van der Waals surface area contributed by atoms with E-state index in [2.05, 4.69) is 12.2 Å². The average molecular weight is 338 g/mol. The highest BCUT2D eigenvalue weighted by molar-refractivity contribution is 7.90. The lowest BCUT2D eigenvalue weighted by Crippen LogP contribution is -2.44. The minimum atomic E-state index is -3.14. The van der Waals surface area contributed by atoms with E-state index in [9.17, 15) is 13.2 Å². The number of rotatable bonds is 6. The van der Waals surface area contributed by atoms with Crippen molar-refractivity contribution < 1.29 is 13.2 Å². The average Bonchev–Trinajstić information content (AvgIpc) is 2.51. The van der Waals surface area contributed by atoms with Crippen molar-refractivity contribution in [2.75, 3.05) is 31.6 Å². The predicted molar refractivity (Wildman–Crippen MR) is 91.9 cm³/mol. The minimum Gasteiger partial charge on any atom is -0.341 e. The molecule has 1 aromatic rings. The van der Waals surface area contributed by atoms with Gasteiger partial charge < -0.3 is 10.2 Å². The Morgan fingerprint density at radius 2 is 2.04 bits per heavy atom. The highest BCUT2D eigenvalue weighted by Gasteiger charge is 2.23. The largest absolute Gasteiger partial charge is 0.341 e. The lowest BCUT2D eigenvalue weighted by atomic mass is 10.0. The normalized spacial score (nSPS) is 20.3. The molecule has 0 aliphatic carbocycles. The van der Waals surface area contributed by atoms with Gasteiger partial charge in [0.25, 0.3) is 0 Å².